The Morgan fingerprint density at radius 3 is 2.77 bits per heavy atom. The van der Waals surface area contributed by atoms with Gasteiger partial charge in [-0.15, -0.1) is 0 Å². The third kappa shape index (κ3) is 4.31. The van der Waals surface area contributed by atoms with Crippen LogP contribution in [0, 0.1) is 12.8 Å². The molecule has 5 nitrogen and oxygen atoms in total. The topological polar surface area (TPSA) is 68.3 Å². The number of para-hydroxylation sites is 2. The van der Waals surface area contributed by atoms with Crippen LogP contribution in [0.15, 0.2) is 42.5 Å². The summed E-state index contributed by atoms with van der Waals surface area (Å²) in [5.41, 5.74) is 6.14. The van der Waals surface area contributed by atoms with Gasteiger partial charge in [-0.2, -0.15) is 0 Å². The maximum Gasteiger partial charge on any atom is 0.339 e. The third-order valence-electron chi connectivity index (χ3n) is 6.05. The molecule has 160 valence electrons. The van der Waals surface area contributed by atoms with Crippen molar-refractivity contribution in [1.82, 2.24) is 4.98 Å². The number of pyridine rings is 1. The van der Waals surface area contributed by atoms with Crippen LogP contribution in [0.4, 0.5) is 5.69 Å². The number of ether oxygens (including phenoxy) is 1. The first-order valence-electron chi connectivity index (χ1n) is 10.9. The molecule has 0 fully saturated rings. The van der Waals surface area contributed by atoms with E-state index in [0.29, 0.717) is 11.5 Å². The summed E-state index contributed by atoms with van der Waals surface area (Å²) >= 11 is 0. The van der Waals surface area contributed by atoms with E-state index in [4.69, 9.17) is 9.72 Å². The number of fused-ring (bicyclic) bond motifs is 2. The molecule has 1 atom stereocenters. The molecular weight excluding hydrogens is 388 g/mol. The molecule has 0 spiro atoms. The first-order valence-corrected chi connectivity index (χ1v) is 10.9. The molecule has 4 rings (SSSR count). The number of anilines is 1. The van der Waals surface area contributed by atoms with Crippen LogP contribution in [-0.4, -0.2) is 23.5 Å². The second kappa shape index (κ2) is 8.88. The molecule has 2 aromatic carbocycles. The van der Waals surface area contributed by atoms with Crippen molar-refractivity contribution in [2.45, 2.75) is 46.5 Å². The van der Waals surface area contributed by atoms with Crippen molar-refractivity contribution in [2.75, 3.05) is 11.9 Å². The lowest BCUT2D eigenvalue weighted by Gasteiger charge is -2.24. The molecule has 1 amide bonds. The maximum atomic E-state index is 13.2. The normalized spacial score (nSPS) is 15.4. The van der Waals surface area contributed by atoms with Crippen LogP contribution in [-0.2, 0) is 28.8 Å². The lowest BCUT2D eigenvalue weighted by Crippen LogP contribution is -2.24. The molecule has 1 N–H and O–H groups in total. The van der Waals surface area contributed by atoms with E-state index in [-0.39, 0.29) is 12.5 Å². The summed E-state index contributed by atoms with van der Waals surface area (Å²) in [6, 6.07) is 13.6. The van der Waals surface area contributed by atoms with Crippen molar-refractivity contribution in [3.63, 3.8) is 0 Å². The van der Waals surface area contributed by atoms with Gasteiger partial charge in [-0.25, -0.2) is 4.79 Å². The highest BCUT2D eigenvalue weighted by atomic mass is 16.5. The van der Waals surface area contributed by atoms with Gasteiger partial charge in [0.05, 0.1) is 11.1 Å². The zero-order valence-corrected chi connectivity index (χ0v) is 18.3. The molecule has 1 heterocycles. The second-order valence-electron chi connectivity index (χ2n) is 8.36. The number of rotatable bonds is 5. The largest absolute Gasteiger partial charge is 0.452 e. The number of hydrogen-bond acceptors (Lipinski definition) is 4. The van der Waals surface area contributed by atoms with E-state index in [1.807, 2.05) is 56.3 Å². The maximum absolute atomic E-state index is 13.2. The van der Waals surface area contributed by atoms with E-state index >= 15 is 0 Å². The van der Waals surface area contributed by atoms with E-state index in [9.17, 15) is 9.59 Å². The van der Waals surface area contributed by atoms with Crippen LogP contribution < -0.4 is 5.32 Å². The smallest absolute Gasteiger partial charge is 0.339 e. The van der Waals surface area contributed by atoms with Crippen LogP contribution in [0.1, 0.15) is 53.0 Å². The van der Waals surface area contributed by atoms with E-state index < -0.39 is 5.97 Å². The van der Waals surface area contributed by atoms with Gasteiger partial charge in [-0.1, -0.05) is 50.2 Å². The summed E-state index contributed by atoms with van der Waals surface area (Å²) in [4.78, 5) is 30.5. The monoisotopic (exact) mass is 416 g/mol. The lowest BCUT2D eigenvalue weighted by atomic mass is 9.84. The molecule has 1 aliphatic rings. The summed E-state index contributed by atoms with van der Waals surface area (Å²) in [5, 5.41) is 3.70. The lowest BCUT2D eigenvalue weighted by molar-refractivity contribution is -0.119. The van der Waals surface area contributed by atoms with Crippen molar-refractivity contribution in [1.29, 1.82) is 0 Å². The summed E-state index contributed by atoms with van der Waals surface area (Å²) in [6.07, 6.45) is 3.53. The average Bonchev–Trinajstić information content (AvgIpc) is 2.77. The molecule has 5 heteroatoms. The number of hydrogen-bond donors (Lipinski definition) is 1. The highest BCUT2D eigenvalue weighted by Crippen LogP contribution is 2.32. The molecular formula is C26H28N2O3. The van der Waals surface area contributed by atoms with E-state index in [1.54, 1.807) is 0 Å². The van der Waals surface area contributed by atoms with Crippen LogP contribution >= 0.6 is 0 Å². The summed E-state index contributed by atoms with van der Waals surface area (Å²) in [5.74, 6) is -0.309. The molecule has 0 radical (unpaired) electrons. The predicted molar refractivity (Wildman–Crippen MR) is 122 cm³/mol. The number of nitrogens with zero attached hydrogens (tertiary/aromatic N) is 1. The second-order valence-corrected chi connectivity index (χ2v) is 8.36. The van der Waals surface area contributed by atoms with Crippen molar-refractivity contribution >= 4 is 28.5 Å². The third-order valence-corrected chi connectivity index (χ3v) is 6.05. The Morgan fingerprint density at radius 2 is 1.97 bits per heavy atom. The fourth-order valence-electron chi connectivity index (χ4n) is 4.38. The standard InChI is InChI=1S/C26H28N2O3/c1-4-18-9-7-8-17(3)25(18)28-23(29)15-31-26(30)24-19-10-5-6-11-21(19)27-22-13-12-16(2)14-20(22)24/h5-11,16H,4,12-15H2,1-3H3,(H,28,29)/t16-/m1/s1. The Balaban J connectivity index is 1.57. The van der Waals surface area contributed by atoms with Crippen molar-refractivity contribution in [3.8, 4) is 0 Å². The first kappa shape index (κ1) is 21.0. The van der Waals surface area contributed by atoms with E-state index in [2.05, 4.69) is 12.2 Å². The van der Waals surface area contributed by atoms with Gasteiger partial charge >= 0.3 is 5.97 Å². The number of esters is 1. The minimum absolute atomic E-state index is 0.322. The number of carbonyl (C=O) groups is 2. The molecule has 0 aliphatic heterocycles. The Hall–Kier alpha value is -3.21. The highest BCUT2D eigenvalue weighted by Gasteiger charge is 2.26. The van der Waals surface area contributed by atoms with Gasteiger partial charge in [0.25, 0.3) is 5.91 Å². The van der Waals surface area contributed by atoms with Crippen molar-refractivity contribution in [2.24, 2.45) is 5.92 Å². The molecule has 0 unspecified atom stereocenters. The van der Waals surface area contributed by atoms with E-state index in [1.165, 1.54) is 0 Å². The van der Waals surface area contributed by atoms with Gasteiger partial charge in [-0.3, -0.25) is 9.78 Å². The van der Waals surface area contributed by atoms with Crippen LogP contribution in [0.25, 0.3) is 10.9 Å². The zero-order valence-electron chi connectivity index (χ0n) is 18.3. The molecule has 3 aromatic rings. The van der Waals surface area contributed by atoms with Crippen LogP contribution in [0.5, 0.6) is 0 Å². The molecule has 1 aromatic heterocycles. The van der Waals surface area contributed by atoms with Crippen molar-refractivity contribution in [3.05, 3.63) is 70.4 Å². The SMILES string of the molecule is CCc1cccc(C)c1NC(=O)COC(=O)c1c2c(nc3ccccc13)CC[C@@H](C)C2. The molecule has 1 aliphatic carbocycles. The fraction of sp³-hybridized carbons (Fsp3) is 0.346. The quantitative estimate of drug-likeness (QED) is 0.593. The number of amides is 1. The number of nitrogens with one attached hydrogen (secondary N) is 1. The van der Waals surface area contributed by atoms with Gasteiger partial charge in [0.15, 0.2) is 6.61 Å². The number of carbonyl (C=O) groups excluding carboxylic acids is 2. The number of aromatic nitrogens is 1. The molecule has 31 heavy (non-hydrogen) atoms. The predicted octanol–water partition coefficient (Wildman–Crippen LogP) is 5.03. The fourth-order valence-corrected chi connectivity index (χ4v) is 4.38. The minimum atomic E-state index is -0.459. The van der Waals surface area contributed by atoms with Gasteiger partial charge in [0.2, 0.25) is 0 Å². The highest BCUT2D eigenvalue weighted by molar-refractivity contribution is 6.06. The van der Waals surface area contributed by atoms with Crippen LogP contribution in [0.3, 0.4) is 0 Å². The molecule has 0 bridgehead atoms. The molecule has 0 saturated heterocycles. The average molecular weight is 417 g/mol. The Kier molecular flexibility index (Phi) is 6.03. The summed E-state index contributed by atoms with van der Waals surface area (Å²) in [6.45, 7) is 5.87. The minimum Gasteiger partial charge on any atom is -0.452 e. The Bertz CT molecular complexity index is 1150. The zero-order chi connectivity index (χ0) is 22.0. The first-order chi connectivity index (χ1) is 15.0. The Morgan fingerprint density at radius 1 is 1.16 bits per heavy atom. The van der Waals surface area contributed by atoms with Gasteiger partial charge in [-0.05, 0) is 61.3 Å². The number of aryl methyl sites for hydroxylation is 3. The van der Waals surface area contributed by atoms with Crippen LogP contribution in [0.2, 0.25) is 0 Å². The molecule has 0 saturated carbocycles. The van der Waals surface area contributed by atoms with Gasteiger partial charge in [0, 0.05) is 16.8 Å². The van der Waals surface area contributed by atoms with Gasteiger partial charge < -0.3 is 10.1 Å². The summed E-state index contributed by atoms with van der Waals surface area (Å²) in [7, 11) is 0. The van der Waals surface area contributed by atoms with Gasteiger partial charge in [0.1, 0.15) is 0 Å². The summed E-state index contributed by atoms with van der Waals surface area (Å²) < 4.78 is 5.51. The Labute approximate surface area is 182 Å². The van der Waals surface area contributed by atoms with Crippen molar-refractivity contribution < 1.29 is 14.3 Å². The number of benzene rings is 2. The van der Waals surface area contributed by atoms with E-state index in [0.717, 1.165) is 64.7 Å².